The Morgan fingerprint density at radius 3 is 2.37 bits per heavy atom. The summed E-state index contributed by atoms with van der Waals surface area (Å²) in [6.07, 6.45) is 0.696. The summed E-state index contributed by atoms with van der Waals surface area (Å²) in [5, 5.41) is 11.3. The zero-order valence-corrected chi connectivity index (χ0v) is 11.2. The van der Waals surface area contributed by atoms with Crippen molar-refractivity contribution in [3.05, 3.63) is 35.9 Å². The van der Waals surface area contributed by atoms with Crippen LogP contribution in [0.5, 0.6) is 0 Å². The summed E-state index contributed by atoms with van der Waals surface area (Å²) in [7, 11) is 0. The molecule has 0 saturated heterocycles. The minimum atomic E-state index is -0.707. The molecular formula is C14H20N2O3. The predicted molar refractivity (Wildman–Crippen MR) is 71.5 cm³/mol. The van der Waals surface area contributed by atoms with Crippen molar-refractivity contribution in [1.29, 1.82) is 0 Å². The lowest BCUT2D eigenvalue weighted by Crippen LogP contribution is -2.47. The number of carbonyl (C=O) groups is 2. The minimum absolute atomic E-state index is 0.216. The molecule has 0 saturated carbocycles. The Labute approximate surface area is 113 Å². The Balaban J connectivity index is 2.58. The van der Waals surface area contributed by atoms with Crippen molar-refractivity contribution in [1.82, 2.24) is 10.8 Å². The number of benzene rings is 1. The van der Waals surface area contributed by atoms with Gasteiger partial charge in [0.15, 0.2) is 0 Å². The van der Waals surface area contributed by atoms with E-state index >= 15 is 0 Å². The molecule has 0 aliphatic carbocycles. The third kappa shape index (κ3) is 5.52. The van der Waals surface area contributed by atoms with Gasteiger partial charge in [-0.15, -0.1) is 0 Å². The second kappa shape index (κ2) is 7.53. The highest BCUT2D eigenvalue weighted by Gasteiger charge is 2.21. The molecule has 3 N–H and O–H groups in total. The average Bonchev–Trinajstić information content (AvgIpc) is 2.37. The molecule has 5 heteroatoms. The molecular weight excluding hydrogens is 244 g/mol. The van der Waals surface area contributed by atoms with Gasteiger partial charge in [-0.3, -0.25) is 14.8 Å². The second-order valence-corrected chi connectivity index (χ2v) is 4.89. The number of hydroxylamine groups is 1. The van der Waals surface area contributed by atoms with E-state index in [1.165, 1.54) is 0 Å². The molecule has 2 amide bonds. The van der Waals surface area contributed by atoms with E-state index in [1.54, 1.807) is 5.48 Å². The van der Waals surface area contributed by atoms with Crippen LogP contribution in [-0.4, -0.2) is 23.1 Å². The summed E-state index contributed by atoms with van der Waals surface area (Å²) in [5.41, 5.74) is 2.47. The van der Waals surface area contributed by atoms with Gasteiger partial charge in [-0.2, -0.15) is 0 Å². The molecule has 0 aromatic heterocycles. The smallest absolute Gasteiger partial charge is 0.265 e. The molecule has 0 heterocycles. The number of rotatable bonds is 6. The third-order valence-electron chi connectivity index (χ3n) is 2.68. The van der Waals surface area contributed by atoms with E-state index in [1.807, 2.05) is 44.2 Å². The van der Waals surface area contributed by atoms with Gasteiger partial charge in [-0.05, 0) is 17.9 Å². The third-order valence-corrected chi connectivity index (χ3v) is 2.68. The normalized spacial score (nSPS) is 12.0. The Hall–Kier alpha value is -1.88. The summed E-state index contributed by atoms with van der Waals surface area (Å²) < 4.78 is 0. The molecule has 0 spiro atoms. The first kappa shape index (κ1) is 15.2. The molecule has 0 fully saturated rings. The van der Waals surface area contributed by atoms with E-state index in [0.29, 0.717) is 6.42 Å². The van der Waals surface area contributed by atoms with Crippen LogP contribution in [0.15, 0.2) is 30.3 Å². The van der Waals surface area contributed by atoms with Crippen LogP contribution in [0.1, 0.15) is 25.8 Å². The highest BCUT2D eigenvalue weighted by atomic mass is 16.5. The zero-order chi connectivity index (χ0) is 14.3. The first-order chi connectivity index (χ1) is 9.02. The molecule has 104 valence electrons. The maximum Gasteiger partial charge on any atom is 0.265 e. The minimum Gasteiger partial charge on any atom is -0.344 e. The number of hydrogen-bond donors (Lipinski definition) is 3. The van der Waals surface area contributed by atoms with Gasteiger partial charge in [-0.1, -0.05) is 44.2 Å². The number of nitrogens with one attached hydrogen (secondary N) is 2. The van der Waals surface area contributed by atoms with Crippen molar-refractivity contribution in [2.45, 2.75) is 32.7 Å². The first-order valence-corrected chi connectivity index (χ1v) is 6.30. The standard InChI is InChI=1S/C14H20N2O3/c1-10(2)8-12(14(18)16-19)15-13(17)9-11-6-4-3-5-7-11/h3-7,10,12,19H,8-9H2,1-2H3,(H,15,17)(H,16,18)/t12-/m0/s1. The predicted octanol–water partition coefficient (Wildman–Crippen LogP) is 1.27. The van der Waals surface area contributed by atoms with Crippen molar-refractivity contribution >= 4 is 11.8 Å². The molecule has 0 radical (unpaired) electrons. The fourth-order valence-electron chi connectivity index (χ4n) is 1.81. The average molecular weight is 264 g/mol. The van der Waals surface area contributed by atoms with Crippen LogP contribution in [-0.2, 0) is 16.0 Å². The Morgan fingerprint density at radius 2 is 1.84 bits per heavy atom. The molecule has 1 aromatic rings. The van der Waals surface area contributed by atoms with E-state index in [2.05, 4.69) is 5.32 Å². The fourth-order valence-corrected chi connectivity index (χ4v) is 1.81. The zero-order valence-electron chi connectivity index (χ0n) is 11.2. The van der Waals surface area contributed by atoms with Crippen molar-refractivity contribution in [3.63, 3.8) is 0 Å². The summed E-state index contributed by atoms with van der Waals surface area (Å²) in [5.74, 6) is -0.588. The summed E-state index contributed by atoms with van der Waals surface area (Å²) in [6, 6.07) is 8.58. The Morgan fingerprint density at radius 1 is 1.21 bits per heavy atom. The molecule has 0 aliphatic heterocycles. The van der Waals surface area contributed by atoms with Gasteiger partial charge >= 0.3 is 0 Å². The lowest BCUT2D eigenvalue weighted by Gasteiger charge is -2.18. The SMILES string of the molecule is CC(C)C[C@H](NC(=O)Cc1ccccc1)C(=O)NO. The summed E-state index contributed by atoms with van der Waals surface area (Å²) >= 11 is 0. The molecule has 1 atom stereocenters. The van der Waals surface area contributed by atoms with Crippen molar-refractivity contribution in [2.24, 2.45) is 5.92 Å². The van der Waals surface area contributed by atoms with Crippen molar-refractivity contribution in [2.75, 3.05) is 0 Å². The van der Waals surface area contributed by atoms with Crippen LogP contribution < -0.4 is 10.8 Å². The van der Waals surface area contributed by atoms with Gasteiger partial charge in [0.2, 0.25) is 5.91 Å². The van der Waals surface area contributed by atoms with E-state index < -0.39 is 11.9 Å². The lowest BCUT2D eigenvalue weighted by atomic mass is 10.0. The van der Waals surface area contributed by atoms with Crippen LogP contribution in [0, 0.1) is 5.92 Å². The highest BCUT2D eigenvalue weighted by molar-refractivity contribution is 5.87. The van der Waals surface area contributed by atoms with Crippen LogP contribution in [0.3, 0.4) is 0 Å². The van der Waals surface area contributed by atoms with Crippen molar-refractivity contribution in [3.8, 4) is 0 Å². The molecule has 19 heavy (non-hydrogen) atoms. The monoisotopic (exact) mass is 264 g/mol. The van der Waals surface area contributed by atoms with Crippen LogP contribution in [0.2, 0.25) is 0 Å². The number of hydrogen-bond acceptors (Lipinski definition) is 3. The highest BCUT2D eigenvalue weighted by Crippen LogP contribution is 2.06. The van der Waals surface area contributed by atoms with Gasteiger partial charge in [0.05, 0.1) is 6.42 Å². The van der Waals surface area contributed by atoms with Crippen LogP contribution >= 0.6 is 0 Å². The fraction of sp³-hybridized carbons (Fsp3) is 0.429. The first-order valence-electron chi connectivity index (χ1n) is 6.30. The van der Waals surface area contributed by atoms with Gasteiger partial charge in [0.25, 0.3) is 5.91 Å². The number of amides is 2. The maximum absolute atomic E-state index is 11.9. The van der Waals surface area contributed by atoms with Gasteiger partial charge < -0.3 is 5.32 Å². The van der Waals surface area contributed by atoms with Gasteiger partial charge in [-0.25, -0.2) is 5.48 Å². The maximum atomic E-state index is 11.9. The Bertz CT molecular complexity index is 418. The van der Waals surface area contributed by atoms with E-state index in [4.69, 9.17) is 5.21 Å². The molecule has 0 unspecified atom stereocenters. The quantitative estimate of drug-likeness (QED) is 0.535. The topological polar surface area (TPSA) is 78.4 Å². The molecule has 0 aliphatic rings. The van der Waals surface area contributed by atoms with Crippen LogP contribution in [0.4, 0.5) is 0 Å². The summed E-state index contributed by atoms with van der Waals surface area (Å²) in [6.45, 7) is 3.89. The molecule has 1 aromatic carbocycles. The lowest BCUT2D eigenvalue weighted by molar-refractivity contribution is -0.135. The second-order valence-electron chi connectivity index (χ2n) is 4.89. The van der Waals surface area contributed by atoms with E-state index in [9.17, 15) is 9.59 Å². The van der Waals surface area contributed by atoms with Gasteiger partial charge in [0.1, 0.15) is 6.04 Å². The number of carbonyl (C=O) groups excluding carboxylic acids is 2. The van der Waals surface area contributed by atoms with E-state index in [-0.39, 0.29) is 18.2 Å². The van der Waals surface area contributed by atoms with Crippen molar-refractivity contribution < 1.29 is 14.8 Å². The molecule has 5 nitrogen and oxygen atoms in total. The van der Waals surface area contributed by atoms with E-state index in [0.717, 1.165) is 5.56 Å². The molecule has 0 bridgehead atoms. The molecule has 1 rings (SSSR count). The largest absolute Gasteiger partial charge is 0.344 e. The Kier molecular flexibility index (Phi) is 6.02. The summed E-state index contributed by atoms with van der Waals surface area (Å²) in [4.78, 5) is 23.3. The van der Waals surface area contributed by atoms with Gasteiger partial charge in [0, 0.05) is 0 Å². The van der Waals surface area contributed by atoms with Crippen LogP contribution in [0.25, 0.3) is 0 Å².